The number of ether oxygens (including phenoxy) is 1. The van der Waals surface area contributed by atoms with Crippen LogP contribution in [0.1, 0.15) is 30.4 Å². The van der Waals surface area contributed by atoms with E-state index in [0.29, 0.717) is 5.92 Å². The number of rotatable bonds is 5. The summed E-state index contributed by atoms with van der Waals surface area (Å²) in [5.74, 6) is 2.22. The van der Waals surface area contributed by atoms with E-state index in [4.69, 9.17) is 4.74 Å². The van der Waals surface area contributed by atoms with Gasteiger partial charge in [-0.2, -0.15) is 0 Å². The van der Waals surface area contributed by atoms with E-state index in [2.05, 4.69) is 40.3 Å². The number of anilines is 1. The minimum absolute atomic E-state index is 0. The first-order chi connectivity index (χ1) is 14.7. The Morgan fingerprint density at radius 2 is 1.94 bits per heavy atom. The molecule has 1 amide bonds. The van der Waals surface area contributed by atoms with Gasteiger partial charge in [-0.1, -0.05) is 30.3 Å². The molecule has 0 bridgehead atoms. The van der Waals surface area contributed by atoms with Crippen molar-refractivity contribution in [2.24, 2.45) is 4.99 Å². The first-order valence-electron chi connectivity index (χ1n) is 10.7. The maximum Gasteiger partial charge on any atom is 0.248 e. The lowest BCUT2D eigenvalue weighted by atomic mass is 9.98. The van der Waals surface area contributed by atoms with E-state index < -0.39 is 0 Å². The number of nitrogens with zero attached hydrogens (tertiary/aromatic N) is 3. The third-order valence-electron chi connectivity index (χ3n) is 5.96. The molecular formula is C24H31IN4O2. The fraction of sp³-hybridized carbons (Fsp3) is 0.417. The summed E-state index contributed by atoms with van der Waals surface area (Å²) in [5.41, 5.74) is 3.59. The van der Waals surface area contributed by atoms with Crippen molar-refractivity contribution in [3.63, 3.8) is 0 Å². The van der Waals surface area contributed by atoms with Crippen LogP contribution in [0.4, 0.5) is 5.69 Å². The molecule has 2 aromatic carbocycles. The van der Waals surface area contributed by atoms with Gasteiger partial charge in [0.15, 0.2) is 5.96 Å². The van der Waals surface area contributed by atoms with Crippen molar-refractivity contribution in [3.05, 3.63) is 59.7 Å². The molecule has 2 aliphatic rings. The number of carbonyl (C=O) groups is 1. The van der Waals surface area contributed by atoms with Crippen LogP contribution < -0.4 is 15.0 Å². The van der Waals surface area contributed by atoms with E-state index >= 15 is 0 Å². The van der Waals surface area contributed by atoms with Crippen LogP contribution in [0, 0.1) is 0 Å². The summed E-state index contributed by atoms with van der Waals surface area (Å²) in [5, 5.41) is 3.37. The van der Waals surface area contributed by atoms with Crippen LogP contribution in [0.3, 0.4) is 0 Å². The predicted octanol–water partition coefficient (Wildman–Crippen LogP) is 3.66. The number of likely N-dealkylation sites (tertiary alicyclic amines) is 1. The fourth-order valence-corrected chi connectivity index (χ4v) is 4.35. The Hall–Kier alpha value is -2.29. The Labute approximate surface area is 201 Å². The van der Waals surface area contributed by atoms with Crippen molar-refractivity contribution in [2.45, 2.75) is 25.7 Å². The highest BCUT2D eigenvalue weighted by Gasteiger charge is 2.27. The highest BCUT2D eigenvalue weighted by Crippen LogP contribution is 2.29. The van der Waals surface area contributed by atoms with Gasteiger partial charge >= 0.3 is 0 Å². The Morgan fingerprint density at radius 3 is 2.68 bits per heavy atom. The number of para-hydroxylation sites is 1. The summed E-state index contributed by atoms with van der Waals surface area (Å²) < 4.78 is 5.27. The average molecular weight is 534 g/mol. The fourth-order valence-electron chi connectivity index (χ4n) is 4.35. The van der Waals surface area contributed by atoms with E-state index in [1.807, 2.05) is 35.2 Å². The highest BCUT2D eigenvalue weighted by molar-refractivity contribution is 14.0. The number of nitrogens with one attached hydrogen (secondary N) is 1. The van der Waals surface area contributed by atoms with Gasteiger partial charge in [-0.3, -0.25) is 4.79 Å². The quantitative estimate of drug-likeness (QED) is 0.362. The zero-order chi connectivity index (χ0) is 20.9. The van der Waals surface area contributed by atoms with Gasteiger partial charge in [0.2, 0.25) is 5.91 Å². The third-order valence-corrected chi connectivity index (χ3v) is 5.96. The van der Waals surface area contributed by atoms with Crippen molar-refractivity contribution in [1.29, 1.82) is 0 Å². The van der Waals surface area contributed by atoms with Gasteiger partial charge in [0.1, 0.15) is 12.3 Å². The molecular weight excluding hydrogens is 503 g/mol. The molecule has 1 atom stereocenters. The minimum atomic E-state index is 0. The zero-order valence-corrected chi connectivity index (χ0v) is 20.5. The molecule has 1 saturated heterocycles. The number of amides is 1. The molecule has 0 aromatic heterocycles. The molecule has 0 aliphatic carbocycles. The maximum absolute atomic E-state index is 12.8. The molecule has 0 spiro atoms. The molecule has 2 heterocycles. The summed E-state index contributed by atoms with van der Waals surface area (Å²) in [7, 11) is 1.69. The zero-order valence-electron chi connectivity index (χ0n) is 18.2. The Morgan fingerprint density at radius 1 is 1.16 bits per heavy atom. The second kappa shape index (κ2) is 10.8. The molecule has 2 aliphatic heterocycles. The molecule has 6 nitrogen and oxygen atoms in total. The van der Waals surface area contributed by atoms with Gasteiger partial charge in [0.25, 0.3) is 0 Å². The molecule has 166 valence electrons. The number of guanidine groups is 1. The van der Waals surface area contributed by atoms with Gasteiger partial charge in [-0.15, -0.1) is 24.0 Å². The van der Waals surface area contributed by atoms with Gasteiger partial charge < -0.3 is 19.9 Å². The first kappa shape index (κ1) is 23.4. The molecule has 4 rings (SSSR count). The molecule has 31 heavy (non-hydrogen) atoms. The summed E-state index contributed by atoms with van der Waals surface area (Å²) in [6.45, 7) is 5.59. The molecule has 1 unspecified atom stereocenters. The number of fused-ring (bicyclic) bond motifs is 1. The van der Waals surface area contributed by atoms with Crippen LogP contribution >= 0.6 is 24.0 Å². The third kappa shape index (κ3) is 5.31. The largest absolute Gasteiger partial charge is 0.497 e. The SMILES string of the molecule is CCNC(=NCC(=O)N1CCc2ccccc21)N1CCC(c2ccc(OC)cc2)C1.I. The molecule has 0 radical (unpaired) electrons. The summed E-state index contributed by atoms with van der Waals surface area (Å²) >= 11 is 0. The number of benzene rings is 2. The lowest BCUT2D eigenvalue weighted by molar-refractivity contribution is -0.117. The van der Waals surface area contributed by atoms with Gasteiger partial charge in [-0.25, -0.2) is 4.99 Å². The van der Waals surface area contributed by atoms with E-state index in [0.717, 1.165) is 56.4 Å². The summed E-state index contributed by atoms with van der Waals surface area (Å²) in [6.07, 6.45) is 1.99. The van der Waals surface area contributed by atoms with Crippen LogP contribution in [0.15, 0.2) is 53.5 Å². The van der Waals surface area contributed by atoms with Crippen LogP contribution in [0.5, 0.6) is 5.75 Å². The van der Waals surface area contributed by atoms with Gasteiger partial charge in [0.05, 0.1) is 7.11 Å². The van der Waals surface area contributed by atoms with Crippen LogP contribution in [-0.2, 0) is 11.2 Å². The van der Waals surface area contributed by atoms with Crippen molar-refractivity contribution in [1.82, 2.24) is 10.2 Å². The van der Waals surface area contributed by atoms with E-state index in [1.54, 1.807) is 7.11 Å². The predicted molar refractivity (Wildman–Crippen MR) is 136 cm³/mol. The highest BCUT2D eigenvalue weighted by atomic mass is 127. The van der Waals surface area contributed by atoms with Crippen LogP contribution in [-0.4, -0.2) is 56.6 Å². The Bertz CT molecular complexity index is 916. The van der Waals surface area contributed by atoms with Crippen molar-refractivity contribution >= 4 is 41.5 Å². The summed E-state index contributed by atoms with van der Waals surface area (Å²) in [4.78, 5) is 21.7. The standard InChI is InChI=1S/C24H30N4O2.HI/c1-3-25-24(26-16-23(29)28-15-13-19-6-4-5-7-22(19)28)27-14-12-20(17-27)18-8-10-21(30-2)11-9-18;/h4-11,20H,3,12-17H2,1-2H3,(H,25,26);1H. The monoisotopic (exact) mass is 534 g/mol. The minimum Gasteiger partial charge on any atom is -0.497 e. The number of methoxy groups -OCH3 is 1. The number of carbonyl (C=O) groups excluding carboxylic acids is 1. The normalized spacial score (nSPS) is 17.9. The number of hydrogen-bond acceptors (Lipinski definition) is 3. The number of halogens is 1. The second-order valence-corrected chi connectivity index (χ2v) is 7.80. The van der Waals surface area contributed by atoms with Crippen molar-refractivity contribution in [3.8, 4) is 5.75 Å². The Balaban J connectivity index is 0.00000272. The van der Waals surface area contributed by atoms with E-state index in [9.17, 15) is 4.79 Å². The molecule has 0 saturated carbocycles. The number of hydrogen-bond donors (Lipinski definition) is 1. The molecule has 1 fully saturated rings. The van der Waals surface area contributed by atoms with Gasteiger partial charge in [-0.05, 0) is 49.1 Å². The molecule has 7 heteroatoms. The lowest BCUT2D eigenvalue weighted by Crippen LogP contribution is -2.41. The van der Waals surface area contributed by atoms with Gasteiger partial charge in [0, 0.05) is 37.8 Å². The van der Waals surface area contributed by atoms with Crippen molar-refractivity contribution in [2.75, 3.05) is 44.7 Å². The van der Waals surface area contributed by atoms with E-state index in [1.165, 1.54) is 11.1 Å². The number of aliphatic imine (C=N–C) groups is 1. The average Bonchev–Trinajstić information content (AvgIpc) is 3.44. The van der Waals surface area contributed by atoms with Crippen molar-refractivity contribution < 1.29 is 9.53 Å². The van der Waals surface area contributed by atoms with Crippen LogP contribution in [0.2, 0.25) is 0 Å². The molecule has 1 N–H and O–H groups in total. The Kier molecular flexibility index (Phi) is 8.17. The summed E-state index contributed by atoms with van der Waals surface area (Å²) in [6, 6.07) is 16.5. The second-order valence-electron chi connectivity index (χ2n) is 7.80. The first-order valence-corrected chi connectivity index (χ1v) is 10.7. The smallest absolute Gasteiger partial charge is 0.248 e. The molecule has 2 aromatic rings. The lowest BCUT2D eigenvalue weighted by Gasteiger charge is -2.22. The maximum atomic E-state index is 12.8. The van der Waals surface area contributed by atoms with Crippen LogP contribution in [0.25, 0.3) is 0 Å². The van der Waals surface area contributed by atoms with E-state index in [-0.39, 0.29) is 36.4 Å². The topological polar surface area (TPSA) is 57.2 Å².